The molecule has 0 saturated carbocycles. The number of thioether (sulfide) groups is 1. The number of hydrogen-bond acceptors (Lipinski definition) is 4. The number of halogens is 1. The van der Waals surface area contributed by atoms with Crippen LogP contribution in [0.1, 0.15) is 22.3 Å². The maximum Gasteiger partial charge on any atom is 0.264 e. The Balaban J connectivity index is 1.42. The number of rotatable bonds is 5. The summed E-state index contributed by atoms with van der Waals surface area (Å²) in [4.78, 5) is 17.6. The van der Waals surface area contributed by atoms with Crippen molar-refractivity contribution in [2.24, 2.45) is 4.99 Å². The number of nitrogens with zero attached hydrogens (tertiary/aromatic N) is 1. The van der Waals surface area contributed by atoms with Crippen LogP contribution >= 0.6 is 23.4 Å². The first-order valence-electron chi connectivity index (χ1n) is 9.80. The van der Waals surface area contributed by atoms with Gasteiger partial charge in [-0.2, -0.15) is 0 Å². The number of amides is 1. The zero-order chi connectivity index (χ0) is 21.8. The third-order valence-electron chi connectivity index (χ3n) is 4.73. The summed E-state index contributed by atoms with van der Waals surface area (Å²) in [5.41, 5.74) is 5.04. The van der Waals surface area contributed by atoms with Gasteiger partial charge in [0.25, 0.3) is 5.91 Å². The number of nitrogens with one attached hydrogen (secondary N) is 1. The van der Waals surface area contributed by atoms with Gasteiger partial charge in [-0.3, -0.25) is 4.79 Å². The van der Waals surface area contributed by atoms with Gasteiger partial charge in [-0.15, -0.1) is 0 Å². The van der Waals surface area contributed by atoms with Gasteiger partial charge in [0, 0.05) is 5.02 Å². The van der Waals surface area contributed by atoms with Crippen LogP contribution in [0.15, 0.2) is 76.6 Å². The molecule has 4 rings (SSSR count). The number of aliphatic imine (C=N–C) groups is 1. The van der Waals surface area contributed by atoms with Crippen LogP contribution in [0.25, 0.3) is 6.08 Å². The SMILES string of the molecule is Cc1ccc(C)c(N=C2NC(=O)/C(=C/c3ccc(OCc4ccc(Cl)cc4)cc3)S2)c1. The number of amidine groups is 1. The number of aryl methyl sites for hydroxylation is 2. The standard InChI is InChI=1S/C25H21ClN2O2S/c1-16-3-4-17(2)22(13-16)27-25-28-24(29)23(31-25)14-18-7-11-21(12-8-18)30-15-19-5-9-20(26)10-6-19/h3-14H,15H2,1-2H3,(H,27,28,29)/b23-14-. The van der Waals surface area contributed by atoms with Crippen molar-refractivity contribution >= 4 is 46.2 Å². The summed E-state index contributed by atoms with van der Waals surface area (Å²) >= 11 is 7.25. The van der Waals surface area contributed by atoms with Crippen molar-refractivity contribution in [1.29, 1.82) is 0 Å². The third-order valence-corrected chi connectivity index (χ3v) is 5.90. The molecule has 3 aromatic carbocycles. The monoisotopic (exact) mass is 448 g/mol. The molecule has 0 unspecified atom stereocenters. The molecule has 1 aliphatic heterocycles. The fourth-order valence-corrected chi connectivity index (χ4v) is 3.95. The number of benzene rings is 3. The molecular formula is C25H21ClN2O2S. The average molecular weight is 449 g/mol. The molecule has 31 heavy (non-hydrogen) atoms. The molecule has 4 nitrogen and oxygen atoms in total. The van der Waals surface area contributed by atoms with E-state index in [1.165, 1.54) is 11.8 Å². The average Bonchev–Trinajstić information content (AvgIpc) is 3.10. The van der Waals surface area contributed by atoms with Crippen molar-refractivity contribution in [1.82, 2.24) is 5.32 Å². The molecule has 1 fully saturated rings. The first kappa shape index (κ1) is 21.2. The van der Waals surface area contributed by atoms with Crippen molar-refractivity contribution < 1.29 is 9.53 Å². The van der Waals surface area contributed by atoms with Crippen LogP contribution in [0, 0.1) is 13.8 Å². The lowest BCUT2D eigenvalue weighted by molar-refractivity contribution is -0.115. The Bertz CT molecular complexity index is 1170. The highest BCUT2D eigenvalue weighted by atomic mass is 35.5. The first-order chi connectivity index (χ1) is 15.0. The van der Waals surface area contributed by atoms with Crippen molar-refractivity contribution in [2.75, 3.05) is 0 Å². The summed E-state index contributed by atoms with van der Waals surface area (Å²) in [5.74, 6) is 0.620. The van der Waals surface area contributed by atoms with Gasteiger partial charge in [-0.1, -0.05) is 48.0 Å². The molecule has 156 valence electrons. The van der Waals surface area contributed by atoms with E-state index in [0.29, 0.717) is 21.7 Å². The van der Waals surface area contributed by atoms with E-state index in [-0.39, 0.29) is 5.91 Å². The van der Waals surface area contributed by atoms with E-state index >= 15 is 0 Å². The van der Waals surface area contributed by atoms with E-state index in [4.69, 9.17) is 16.3 Å². The van der Waals surface area contributed by atoms with E-state index < -0.39 is 0 Å². The van der Waals surface area contributed by atoms with Gasteiger partial charge in [0.15, 0.2) is 5.17 Å². The maximum absolute atomic E-state index is 12.4. The van der Waals surface area contributed by atoms with Crippen LogP contribution in [-0.4, -0.2) is 11.1 Å². The summed E-state index contributed by atoms with van der Waals surface area (Å²) in [6, 6.07) is 21.3. The molecule has 1 aliphatic rings. The zero-order valence-corrected chi connectivity index (χ0v) is 18.8. The Morgan fingerprint density at radius 2 is 1.77 bits per heavy atom. The molecule has 0 atom stereocenters. The van der Waals surface area contributed by atoms with Crippen LogP contribution in [0.3, 0.4) is 0 Å². The number of carbonyl (C=O) groups excluding carboxylic acids is 1. The van der Waals surface area contributed by atoms with Gasteiger partial charge in [-0.25, -0.2) is 4.99 Å². The fourth-order valence-electron chi connectivity index (χ4n) is 2.99. The topological polar surface area (TPSA) is 50.7 Å². The van der Waals surface area contributed by atoms with Crippen molar-refractivity contribution in [3.05, 3.63) is 98.9 Å². The summed E-state index contributed by atoms with van der Waals surface area (Å²) in [6.07, 6.45) is 1.86. The van der Waals surface area contributed by atoms with Crippen LogP contribution in [-0.2, 0) is 11.4 Å². The zero-order valence-electron chi connectivity index (χ0n) is 17.2. The van der Waals surface area contributed by atoms with Crippen LogP contribution in [0.5, 0.6) is 5.75 Å². The van der Waals surface area contributed by atoms with Gasteiger partial charge in [0.05, 0.1) is 10.6 Å². The molecule has 1 amide bonds. The van der Waals surface area contributed by atoms with Gasteiger partial charge in [0.1, 0.15) is 12.4 Å². The minimum Gasteiger partial charge on any atom is -0.489 e. The maximum atomic E-state index is 12.4. The summed E-state index contributed by atoms with van der Waals surface area (Å²) in [7, 11) is 0. The Labute approximate surface area is 191 Å². The van der Waals surface area contributed by atoms with E-state index in [9.17, 15) is 4.79 Å². The number of carbonyl (C=O) groups is 1. The van der Waals surface area contributed by atoms with Crippen molar-refractivity contribution in [2.45, 2.75) is 20.5 Å². The third kappa shape index (κ3) is 5.57. The molecule has 0 aliphatic carbocycles. The summed E-state index contributed by atoms with van der Waals surface area (Å²) in [6.45, 7) is 4.50. The second kappa shape index (κ2) is 9.41. The second-order valence-electron chi connectivity index (χ2n) is 7.26. The molecule has 0 bridgehead atoms. The second-order valence-corrected chi connectivity index (χ2v) is 8.72. The lowest BCUT2D eigenvalue weighted by atomic mass is 10.1. The first-order valence-corrected chi connectivity index (χ1v) is 11.0. The van der Waals surface area contributed by atoms with Gasteiger partial charge in [0.2, 0.25) is 0 Å². The van der Waals surface area contributed by atoms with Gasteiger partial charge < -0.3 is 10.1 Å². The van der Waals surface area contributed by atoms with E-state index in [0.717, 1.165) is 33.7 Å². The lowest BCUT2D eigenvalue weighted by Crippen LogP contribution is -2.19. The number of hydrogen-bond donors (Lipinski definition) is 1. The number of ether oxygens (including phenoxy) is 1. The van der Waals surface area contributed by atoms with E-state index in [1.807, 2.05) is 86.7 Å². The van der Waals surface area contributed by atoms with Gasteiger partial charge >= 0.3 is 0 Å². The molecule has 6 heteroatoms. The minimum atomic E-state index is -0.142. The molecular weight excluding hydrogens is 428 g/mol. The molecule has 0 radical (unpaired) electrons. The van der Waals surface area contributed by atoms with Crippen LogP contribution in [0.4, 0.5) is 5.69 Å². The molecule has 0 spiro atoms. The highest BCUT2D eigenvalue weighted by Gasteiger charge is 2.24. The molecule has 0 aromatic heterocycles. The van der Waals surface area contributed by atoms with Crippen LogP contribution in [0.2, 0.25) is 5.02 Å². The minimum absolute atomic E-state index is 0.142. The highest BCUT2D eigenvalue weighted by Crippen LogP contribution is 2.30. The Morgan fingerprint density at radius 3 is 2.52 bits per heavy atom. The highest BCUT2D eigenvalue weighted by molar-refractivity contribution is 8.18. The Morgan fingerprint density at radius 1 is 1.03 bits per heavy atom. The molecule has 1 heterocycles. The predicted molar refractivity (Wildman–Crippen MR) is 129 cm³/mol. The summed E-state index contributed by atoms with van der Waals surface area (Å²) in [5, 5.41) is 4.14. The smallest absolute Gasteiger partial charge is 0.264 e. The quantitative estimate of drug-likeness (QED) is 0.457. The normalized spacial score (nSPS) is 16.0. The predicted octanol–water partition coefficient (Wildman–Crippen LogP) is 6.43. The van der Waals surface area contributed by atoms with Gasteiger partial charge in [-0.05, 0) is 84.3 Å². The van der Waals surface area contributed by atoms with Crippen molar-refractivity contribution in [3.63, 3.8) is 0 Å². The van der Waals surface area contributed by atoms with Crippen molar-refractivity contribution in [3.8, 4) is 5.75 Å². The fraction of sp³-hybridized carbons (Fsp3) is 0.120. The molecule has 1 N–H and O–H groups in total. The molecule has 1 saturated heterocycles. The largest absolute Gasteiger partial charge is 0.489 e. The Kier molecular flexibility index (Phi) is 6.44. The van der Waals surface area contributed by atoms with E-state index in [2.05, 4.69) is 10.3 Å². The Hall–Kier alpha value is -3.02. The van der Waals surface area contributed by atoms with E-state index in [1.54, 1.807) is 0 Å². The lowest BCUT2D eigenvalue weighted by Gasteiger charge is -2.06. The van der Waals surface area contributed by atoms with Crippen LogP contribution < -0.4 is 10.1 Å². The molecule has 3 aromatic rings. The summed E-state index contributed by atoms with van der Waals surface area (Å²) < 4.78 is 5.81.